The predicted octanol–water partition coefficient (Wildman–Crippen LogP) is 5.26. The molecule has 2 fully saturated rings. The summed E-state index contributed by atoms with van der Waals surface area (Å²) in [6, 6.07) is 11.9. The standard InChI is InChI=1S/C23H28ClN3O3S/c24-19-10-4-5-11-20(19)26-31(29,30)22-16-18(12-13-21(22)27-14-6-7-15-27)25-23(28)17-8-2-1-3-9-17/h4-5,10-13,16-17,26H,1-3,6-9,14-15H2,(H,25,28). The van der Waals surface area contributed by atoms with Crippen LogP contribution in [0.2, 0.25) is 5.02 Å². The van der Waals surface area contributed by atoms with Crippen molar-refractivity contribution < 1.29 is 13.2 Å². The molecule has 1 aliphatic carbocycles. The SMILES string of the molecule is O=C(Nc1ccc(N2CCCC2)c(S(=O)(=O)Nc2ccccc2Cl)c1)C1CCCCC1. The Morgan fingerprint density at radius 2 is 1.68 bits per heavy atom. The van der Waals surface area contributed by atoms with Gasteiger partial charge in [0.1, 0.15) is 4.90 Å². The molecule has 2 N–H and O–H groups in total. The lowest BCUT2D eigenvalue weighted by Crippen LogP contribution is -2.26. The molecule has 8 heteroatoms. The molecule has 0 unspecified atom stereocenters. The molecule has 2 aliphatic rings. The Bertz CT molecular complexity index is 1050. The molecular formula is C23H28ClN3O3S. The normalized spacial score (nSPS) is 17.5. The van der Waals surface area contributed by atoms with E-state index in [1.807, 2.05) is 0 Å². The summed E-state index contributed by atoms with van der Waals surface area (Å²) >= 11 is 6.18. The molecule has 0 atom stereocenters. The first kappa shape index (κ1) is 22.0. The zero-order chi connectivity index (χ0) is 21.8. The quantitative estimate of drug-likeness (QED) is 0.615. The van der Waals surface area contributed by atoms with Gasteiger partial charge in [-0.3, -0.25) is 9.52 Å². The molecule has 0 spiro atoms. The molecule has 1 saturated heterocycles. The summed E-state index contributed by atoms with van der Waals surface area (Å²) in [7, 11) is -3.91. The van der Waals surface area contributed by atoms with Gasteiger partial charge in [-0.1, -0.05) is 43.0 Å². The number of halogens is 1. The molecular weight excluding hydrogens is 434 g/mol. The summed E-state index contributed by atoms with van der Waals surface area (Å²) in [6.07, 6.45) is 7.12. The molecule has 4 rings (SSSR count). The maximum atomic E-state index is 13.4. The summed E-state index contributed by atoms with van der Waals surface area (Å²) in [4.78, 5) is 14.9. The Morgan fingerprint density at radius 1 is 0.968 bits per heavy atom. The van der Waals surface area contributed by atoms with Crippen molar-refractivity contribution in [3.63, 3.8) is 0 Å². The van der Waals surface area contributed by atoms with Crippen molar-refractivity contribution in [2.75, 3.05) is 28.0 Å². The van der Waals surface area contributed by atoms with E-state index in [0.717, 1.165) is 51.6 Å². The largest absolute Gasteiger partial charge is 0.370 e. The van der Waals surface area contributed by atoms with Crippen molar-refractivity contribution in [1.29, 1.82) is 0 Å². The fraction of sp³-hybridized carbons (Fsp3) is 0.435. The molecule has 0 aromatic heterocycles. The van der Waals surface area contributed by atoms with Crippen LogP contribution >= 0.6 is 11.6 Å². The lowest BCUT2D eigenvalue weighted by Gasteiger charge is -2.24. The number of rotatable bonds is 6. The third kappa shape index (κ3) is 5.15. The molecule has 0 bridgehead atoms. The average Bonchev–Trinajstić information content (AvgIpc) is 3.31. The highest BCUT2D eigenvalue weighted by Crippen LogP contribution is 2.34. The maximum absolute atomic E-state index is 13.4. The minimum absolute atomic E-state index is 0.00619. The molecule has 2 aromatic carbocycles. The van der Waals surface area contributed by atoms with E-state index < -0.39 is 10.0 Å². The van der Waals surface area contributed by atoms with Gasteiger partial charge in [-0.05, 0) is 56.0 Å². The van der Waals surface area contributed by atoms with Crippen LogP contribution in [0, 0.1) is 5.92 Å². The summed E-state index contributed by atoms with van der Waals surface area (Å²) in [5.41, 5.74) is 1.47. The zero-order valence-electron chi connectivity index (χ0n) is 17.4. The predicted molar refractivity (Wildman–Crippen MR) is 125 cm³/mol. The monoisotopic (exact) mass is 461 g/mol. The minimum atomic E-state index is -3.91. The highest BCUT2D eigenvalue weighted by Gasteiger charge is 2.26. The van der Waals surface area contributed by atoms with Crippen LogP contribution < -0.4 is 14.9 Å². The number of carbonyl (C=O) groups is 1. The number of nitrogens with one attached hydrogen (secondary N) is 2. The third-order valence-corrected chi connectivity index (χ3v) is 7.78. The van der Waals surface area contributed by atoms with Crippen LogP contribution in [0.3, 0.4) is 0 Å². The number of hydrogen-bond donors (Lipinski definition) is 2. The zero-order valence-corrected chi connectivity index (χ0v) is 19.0. The Kier molecular flexibility index (Phi) is 6.72. The molecule has 166 valence electrons. The molecule has 31 heavy (non-hydrogen) atoms. The molecule has 0 radical (unpaired) electrons. The summed E-state index contributed by atoms with van der Waals surface area (Å²) in [5.74, 6) is -0.0376. The summed E-state index contributed by atoms with van der Waals surface area (Å²) in [6.45, 7) is 1.62. The Balaban J connectivity index is 1.65. The van der Waals surface area contributed by atoms with E-state index in [1.54, 1.807) is 42.5 Å². The average molecular weight is 462 g/mol. The van der Waals surface area contributed by atoms with Crippen molar-refractivity contribution in [3.05, 3.63) is 47.5 Å². The molecule has 1 saturated carbocycles. The Hall–Kier alpha value is -2.25. The van der Waals surface area contributed by atoms with Crippen molar-refractivity contribution in [2.45, 2.75) is 49.8 Å². The van der Waals surface area contributed by atoms with E-state index in [0.29, 0.717) is 22.1 Å². The molecule has 6 nitrogen and oxygen atoms in total. The van der Waals surface area contributed by atoms with Crippen LogP contribution in [-0.2, 0) is 14.8 Å². The first-order valence-corrected chi connectivity index (χ1v) is 12.8. The highest BCUT2D eigenvalue weighted by molar-refractivity contribution is 7.93. The Labute approximate surface area is 189 Å². The lowest BCUT2D eigenvalue weighted by atomic mass is 9.88. The smallest absolute Gasteiger partial charge is 0.264 e. The van der Waals surface area contributed by atoms with E-state index in [4.69, 9.17) is 11.6 Å². The number of hydrogen-bond acceptors (Lipinski definition) is 4. The lowest BCUT2D eigenvalue weighted by molar-refractivity contribution is -0.120. The van der Waals surface area contributed by atoms with E-state index in [9.17, 15) is 13.2 Å². The Morgan fingerprint density at radius 3 is 2.39 bits per heavy atom. The van der Waals surface area contributed by atoms with Crippen LogP contribution in [0.15, 0.2) is 47.4 Å². The third-order valence-electron chi connectivity index (χ3n) is 6.06. The molecule has 1 amide bonds. The van der Waals surface area contributed by atoms with Gasteiger partial charge < -0.3 is 10.2 Å². The summed E-state index contributed by atoms with van der Waals surface area (Å²) in [5, 5.41) is 3.27. The number of carbonyl (C=O) groups excluding carboxylic acids is 1. The number of sulfonamides is 1. The summed E-state index contributed by atoms with van der Waals surface area (Å²) < 4.78 is 29.3. The van der Waals surface area contributed by atoms with Gasteiger partial charge in [0, 0.05) is 24.7 Å². The second kappa shape index (κ2) is 9.49. The van der Waals surface area contributed by atoms with Gasteiger partial charge in [0.05, 0.1) is 16.4 Å². The van der Waals surface area contributed by atoms with E-state index in [1.165, 1.54) is 6.42 Å². The first-order chi connectivity index (χ1) is 14.9. The van der Waals surface area contributed by atoms with Gasteiger partial charge in [0.15, 0.2) is 0 Å². The number of nitrogens with zero attached hydrogens (tertiary/aromatic N) is 1. The van der Waals surface area contributed by atoms with Crippen molar-refractivity contribution in [1.82, 2.24) is 0 Å². The van der Waals surface area contributed by atoms with Crippen LogP contribution in [0.1, 0.15) is 44.9 Å². The fourth-order valence-corrected chi connectivity index (χ4v) is 5.95. The molecule has 1 aliphatic heterocycles. The van der Waals surface area contributed by atoms with Crippen molar-refractivity contribution >= 4 is 44.6 Å². The number of benzene rings is 2. The molecule has 2 aromatic rings. The maximum Gasteiger partial charge on any atom is 0.264 e. The van der Waals surface area contributed by atoms with E-state index >= 15 is 0 Å². The number of para-hydroxylation sites is 1. The van der Waals surface area contributed by atoms with Crippen LogP contribution in [0.4, 0.5) is 17.1 Å². The van der Waals surface area contributed by atoms with Crippen molar-refractivity contribution in [2.24, 2.45) is 5.92 Å². The molecule has 1 heterocycles. The van der Waals surface area contributed by atoms with Gasteiger partial charge in [-0.15, -0.1) is 0 Å². The second-order valence-electron chi connectivity index (χ2n) is 8.29. The van der Waals surface area contributed by atoms with Gasteiger partial charge in [0.25, 0.3) is 10.0 Å². The van der Waals surface area contributed by atoms with E-state index in [2.05, 4.69) is 14.9 Å². The van der Waals surface area contributed by atoms with Gasteiger partial charge in [-0.25, -0.2) is 8.42 Å². The van der Waals surface area contributed by atoms with Gasteiger partial charge >= 0.3 is 0 Å². The second-order valence-corrected chi connectivity index (χ2v) is 10.3. The van der Waals surface area contributed by atoms with Crippen LogP contribution in [0.5, 0.6) is 0 Å². The van der Waals surface area contributed by atoms with Crippen molar-refractivity contribution in [3.8, 4) is 0 Å². The van der Waals surface area contributed by atoms with Gasteiger partial charge in [-0.2, -0.15) is 0 Å². The van der Waals surface area contributed by atoms with Crippen LogP contribution in [-0.4, -0.2) is 27.4 Å². The first-order valence-electron chi connectivity index (χ1n) is 10.9. The number of amides is 1. The van der Waals surface area contributed by atoms with E-state index in [-0.39, 0.29) is 16.7 Å². The van der Waals surface area contributed by atoms with Gasteiger partial charge in [0.2, 0.25) is 5.91 Å². The minimum Gasteiger partial charge on any atom is -0.370 e. The topological polar surface area (TPSA) is 78.5 Å². The fourth-order valence-electron chi connectivity index (χ4n) is 4.38. The highest BCUT2D eigenvalue weighted by atomic mass is 35.5. The van der Waals surface area contributed by atoms with Crippen LogP contribution in [0.25, 0.3) is 0 Å². The number of anilines is 3.